The molecule has 0 aliphatic rings. The Morgan fingerprint density at radius 2 is 2.09 bits per heavy atom. The highest BCUT2D eigenvalue weighted by atomic mass is 32.2. The van der Waals surface area contributed by atoms with Gasteiger partial charge in [0.15, 0.2) is 0 Å². The van der Waals surface area contributed by atoms with Crippen molar-refractivity contribution in [3.63, 3.8) is 0 Å². The molecule has 4 nitrogen and oxygen atoms in total. The third kappa shape index (κ3) is 5.85. The Labute approximate surface area is 67.6 Å². The predicted molar refractivity (Wildman–Crippen MR) is 44.0 cm³/mol. The topological polar surface area (TPSA) is 58.2 Å². The van der Waals surface area contributed by atoms with E-state index in [1.165, 1.54) is 0 Å². The number of nitrogens with one attached hydrogen (secondary N) is 2. The first-order chi connectivity index (χ1) is 4.98. The van der Waals surface area contributed by atoms with Crippen molar-refractivity contribution in [3.05, 3.63) is 0 Å². The zero-order chi connectivity index (χ0) is 8.91. The van der Waals surface area contributed by atoms with Crippen molar-refractivity contribution in [1.82, 2.24) is 9.44 Å². The molecule has 0 atom stereocenters. The highest BCUT2D eigenvalue weighted by Gasteiger charge is 2.08. The van der Waals surface area contributed by atoms with Crippen LogP contribution in [0.5, 0.6) is 0 Å². The number of hydrogen-bond acceptors (Lipinski definition) is 2. The van der Waals surface area contributed by atoms with Crippen LogP contribution in [0.4, 0.5) is 0 Å². The molecule has 5 heteroatoms. The quantitative estimate of drug-likeness (QED) is 0.565. The summed E-state index contributed by atoms with van der Waals surface area (Å²) >= 11 is 0. The number of rotatable bonds is 4. The van der Waals surface area contributed by atoms with Gasteiger partial charge in [-0.05, 0) is 13.8 Å². The Morgan fingerprint density at radius 1 is 1.55 bits per heavy atom. The van der Waals surface area contributed by atoms with Crippen molar-refractivity contribution in [2.24, 2.45) is 0 Å². The minimum Gasteiger partial charge on any atom is -0.200 e. The third-order valence-corrected chi connectivity index (χ3v) is 2.06. The van der Waals surface area contributed by atoms with Crippen LogP contribution in [0.15, 0.2) is 0 Å². The van der Waals surface area contributed by atoms with Crippen LogP contribution in [0.3, 0.4) is 0 Å². The van der Waals surface area contributed by atoms with E-state index in [1.807, 2.05) is 0 Å². The second-order valence-corrected chi connectivity index (χ2v) is 3.83. The summed E-state index contributed by atoms with van der Waals surface area (Å²) in [6.07, 6.45) is 4.86. The third-order valence-electron chi connectivity index (χ3n) is 0.755. The average Bonchev–Trinajstić information content (AvgIpc) is 1.81. The first-order valence-electron chi connectivity index (χ1n) is 3.18. The van der Waals surface area contributed by atoms with E-state index in [2.05, 4.69) is 15.4 Å². The van der Waals surface area contributed by atoms with Crippen LogP contribution in [-0.4, -0.2) is 21.0 Å². The van der Waals surface area contributed by atoms with E-state index in [0.29, 0.717) is 0 Å². The molecule has 2 N–H and O–H groups in total. The van der Waals surface area contributed by atoms with Crippen LogP contribution in [0.25, 0.3) is 0 Å². The normalized spacial score (nSPS) is 11.5. The van der Waals surface area contributed by atoms with Gasteiger partial charge in [-0.2, -0.15) is 17.9 Å². The molecule has 0 amide bonds. The van der Waals surface area contributed by atoms with Gasteiger partial charge < -0.3 is 0 Å². The van der Waals surface area contributed by atoms with Crippen LogP contribution in [0.2, 0.25) is 0 Å². The Bertz CT molecular complexity index is 238. The highest BCUT2D eigenvalue weighted by molar-refractivity contribution is 7.87. The minimum absolute atomic E-state index is 0.0159. The Kier molecular flexibility index (Phi) is 4.11. The van der Waals surface area contributed by atoms with Crippen molar-refractivity contribution < 1.29 is 8.42 Å². The van der Waals surface area contributed by atoms with Crippen molar-refractivity contribution >= 4 is 10.2 Å². The SMILES string of the molecule is C#CCNS(=O)(=O)NC(C)C. The first-order valence-corrected chi connectivity index (χ1v) is 4.66. The summed E-state index contributed by atoms with van der Waals surface area (Å²) < 4.78 is 26.2. The average molecular weight is 176 g/mol. The molecule has 0 rings (SSSR count). The standard InChI is InChI=1S/C6H12N2O2S/c1-4-5-7-11(9,10)8-6(2)3/h1,6-8H,5H2,2-3H3. The van der Waals surface area contributed by atoms with Crippen molar-refractivity contribution in [3.8, 4) is 12.3 Å². The molecule has 0 heterocycles. The molecule has 0 saturated heterocycles. The van der Waals surface area contributed by atoms with E-state index < -0.39 is 10.2 Å². The summed E-state index contributed by atoms with van der Waals surface area (Å²) in [6.45, 7) is 3.48. The van der Waals surface area contributed by atoms with Gasteiger partial charge in [0.2, 0.25) is 0 Å². The van der Waals surface area contributed by atoms with Gasteiger partial charge in [0.25, 0.3) is 10.2 Å². The smallest absolute Gasteiger partial charge is 0.200 e. The largest absolute Gasteiger partial charge is 0.278 e. The van der Waals surface area contributed by atoms with Crippen LogP contribution in [0, 0.1) is 12.3 Å². The molecule has 0 radical (unpaired) electrons. The van der Waals surface area contributed by atoms with Crippen LogP contribution < -0.4 is 9.44 Å². The van der Waals surface area contributed by atoms with Crippen molar-refractivity contribution in [1.29, 1.82) is 0 Å². The van der Waals surface area contributed by atoms with Crippen molar-refractivity contribution in [2.75, 3.05) is 6.54 Å². The second kappa shape index (κ2) is 4.34. The molecule has 0 fully saturated rings. The zero-order valence-corrected chi connectivity index (χ0v) is 7.40. The summed E-state index contributed by atoms with van der Waals surface area (Å²) in [5.74, 6) is 2.17. The van der Waals surface area contributed by atoms with Gasteiger partial charge in [0, 0.05) is 6.04 Å². The summed E-state index contributed by atoms with van der Waals surface area (Å²) in [7, 11) is -3.39. The maximum atomic E-state index is 10.9. The fourth-order valence-electron chi connectivity index (χ4n) is 0.489. The predicted octanol–water partition coefficient (Wildman–Crippen LogP) is -0.548. The second-order valence-electron chi connectivity index (χ2n) is 2.30. The lowest BCUT2D eigenvalue weighted by molar-refractivity contribution is 0.559. The van der Waals surface area contributed by atoms with Gasteiger partial charge in [0.05, 0.1) is 6.54 Å². The molecule has 0 saturated carbocycles. The van der Waals surface area contributed by atoms with Crippen LogP contribution in [0.1, 0.15) is 13.8 Å². The van der Waals surface area contributed by atoms with Crippen molar-refractivity contribution in [2.45, 2.75) is 19.9 Å². The number of terminal acetylenes is 1. The fraction of sp³-hybridized carbons (Fsp3) is 0.667. The van der Waals surface area contributed by atoms with Gasteiger partial charge >= 0.3 is 0 Å². The Morgan fingerprint density at radius 3 is 2.45 bits per heavy atom. The van der Waals surface area contributed by atoms with Gasteiger partial charge in [-0.25, -0.2) is 0 Å². The summed E-state index contributed by atoms with van der Waals surface area (Å²) in [5.41, 5.74) is 0. The highest BCUT2D eigenvalue weighted by Crippen LogP contribution is 1.81. The molecule has 0 aliphatic carbocycles. The maximum absolute atomic E-state index is 10.9. The molecule has 11 heavy (non-hydrogen) atoms. The van der Waals surface area contributed by atoms with Gasteiger partial charge in [0.1, 0.15) is 0 Å². The van der Waals surface area contributed by atoms with E-state index in [-0.39, 0.29) is 12.6 Å². The monoisotopic (exact) mass is 176 g/mol. The molecule has 0 bridgehead atoms. The molecule has 0 aromatic carbocycles. The molecule has 0 spiro atoms. The molecular formula is C6H12N2O2S. The molecule has 0 unspecified atom stereocenters. The molecular weight excluding hydrogens is 164 g/mol. The molecule has 0 aliphatic heterocycles. The summed E-state index contributed by atoms with van der Waals surface area (Å²) in [4.78, 5) is 0. The number of hydrogen-bond donors (Lipinski definition) is 2. The molecule has 0 aromatic heterocycles. The Hall–Kier alpha value is -0.570. The Balaban J connectivity index is 3.94. The van der Waals surface area contributed by atoms with Crippen LogP contribution in [-0.2, 0) is 10.2 Å². The zero-order valence-electron chi connectivity index (χ0n) is 6.59. The van der Waals surface area contributed by atoms with Crippen LogP contribution >= 0.6 is 0 Å². The molecule has 0 aromatic rings. The summed E-state index contributed by atoms with van der Waals surface area (Å²) in [6, 6.07) is -0.120. The van der Waals surface area contributed by atoms with E-state index in [1.54, 1.807) is 13.8 Å². The molecule has 64 valence electrons. The van der Waals surface area contributed by atoms with Gasteiger partial charge in [-0.3, -0.25) is 0 Å². The maximum Gasteiger partial charge on any atom is 0.278 e. The van der Waals surface area contributed by atoms with E-state index in [9.17, 15) is 8.42 Å². The fourth-order valence-corrected chi connectivity index (χ4v) is 1.47. The lowest BCUT2D eigenvalue weighted by Gasteiger charge is -2.07. The van der Waals surface area contributed by atoms with Gasteiger partial charge in [-0.15, -0.1) is 6.42 Å². The minimum atomic E-state index is -3.39. The first kappa shape index (κ1) is 10.4. The van der Waals surface area contributed by atoms with E-state index in [4.69, 9.17) is 6.42 Å². The van der Waals surface area contributed by atoms with E-state index in [0.717, 1.165) is 0 Å². The summed E-state index contributed by atoms with van der Waals surface area (Å²) in [5, 5.41) is 0. The van der Waals surface area contributed by atoms with E-state index >= 15 is 0 Å². The lowest BCUT2D eigenvalue weighted by Crippen LogP contribution is -2.40. The van der Waals surface area contributed by atoms with Gasteiger partial charge in [-0.1, -0.05) is 5.92 Å². The lowest BCUT2D eigenvalue weighted by atomic mass is 10.4.